The fourth-order valence-corrected chi connectivity index (χ4v) is 5.67. The van der Waals surface area contributed by atoms with Crippen LogP contribution in [0.3, 0.4) is 0 Å². The van der Waals surface area contributed by atoms with Crippen molar-refractivity contribution in [1.29, 1.82) is 0 Å². The van der Waals surface area contributed by atoms with Gasteiger partial charge in [-0.1, -0.05) is 65.7 Å². The zero-order valence-electron chi connectivity index (χ0n) is 18.5. The number of nitrogens with two attached hydrogens (primary N) is 1. The predicted octanol–water partition coefficient (Wildman–Crippen LogP) is 7.52. The molecule has 2 rings (SSSR count). The van der Waals surface area contributed by atoms with Gasteiger partial charge in [-0.15, -0.1) is 0 Å². The Kier molecular flexibility index (Phi) is 8.72. The van der Waals surface area contributed by atoms with Gasteiger partial charge in [-0.3, -0.25) is 0 Å². The van der Waals surface area contributed by atoms with Gasteiger partial charge in [0.05, 0.1) is 0 Å². The fraction of sp³-hybridized carbons (Fsp3) is 0.520. The van der Waals surface area contributed by atoms with Gasteiger partial charge < -0.3 is 5.73 Å². The Morgan fingerprint density at radius 3 is 2.00 bits per heavy atom. The van der Waals surface area contributed by atoms with E-state index in [0.717, 1.165) is 29.2 Å². The largest absolute Gasteiger partial charge is 0.324 e. The lowest BCUT2D eigenvalue weighted by Gasteiger charge is -2.32. The molecule has 5 atom stereocenters. The molecule has 0 aliphatic heterocycles. The maximum atomic E-state index is 13.6. The minimum absolute atomic E-state index is 0.0649. The number of halogens is 2. The molecule has 0 aliphatic rings. The lowest BCUT2D eigenvalue weighted by atomic mass is 9.86. The lowest BCUT2D eigenvalue weighted by Crippen LogP contribution is -2.30. The summed E-state index contributed by atoms with van der Waals surface area (Å²) in [4.78, 5) is 0. The zero-order chi connectivity index (χ0) is 21.7. The van der Waals surface area contributed by atoms with E-state index in [9.17, 15) is 8.78 Å². The molecule has 0 aromatic heterocycles. The molecule has 0 amide bonds. The first-order valence-corrected chi connectivity index (χ1v) is 11.6. The van der Waals surface area contributed by atoms with Crippen LogP contribution in [-0.4, -0.2) is 10.5 Å². The Balaban J connectivity index is 2.23. The third-order valence-electron chi connectivity index (χ3n) is 6.24. The molecule has 2 N–H and O–H groups in total. The Morgan fingerprint density at radius 2 is 1.48 bits per heavy atom. The zero-order valence-corrected chi connectivity index (χ0v) is 19.3. The van der Waals surface area contributed by atoms with E-state index in [1.165, 1.54) is 18.6 Å². The highest BCUT2D eigenvalue weighted by Gasteiger charge is 2.27. The van der Waals surface area contributed by atoms with E-state index < -0.39 is 11.6 Å². The van der Waals surface area contributed by atoms with Crippen LogP contribution in [0.5, 0.6) is 0 Å². The second kappa shape index (κ2) is 10.6. The van der Waals surface area contributed by atoms with Gasteiger partial charge in [-0.2, -0.15) is 11.8 Å². The molecule has 2 aromatic carbocycles. The standard InChI is InChI=1S/C25H35F2NS/c1-7-15(3)17(5)29-18(6)23(8-2)25(28)24-10-9-19(11-16(24)4)20-12-21(26)14-22(27)13-20/h9-15,17-18,23,25H,7-8,28H2,1-6H3. The van der Waals surface area contributed by atoms with Crippen molar-refractivity contribution in [2.75, 3.05) is 0 Å². The molecule has 0 bridgehead atoms. The quantitative estimate of drug-likeness (QED) is 0.455. The summed E-state index contributed by atoms with van der Waals surface area (Å²) in [5.41, 5.74) is 10.3. The van der Waals surface area contributed by atoms with Crippen LogP contribution >= 0.6 is 11.8 Å². The molecule has 0 spiro atoms. The van der Waals surface area contributed by atoms with E-state index in [0.29, 0.717) is 27.9 Å². The van der Waals surface area contributed by atoms with Gasteiger partial charge in [0.25, 0.3) is 0 Å². The molecule has 29 heavy (non-hydrogen) atoms. The minimum Gasteiger partial charge on any atom is -0.324 e. The number of thioether (sulfide) groups is 1. The summed E-state index contributed by atoms with van der Waals surface area (Å²) in [7, 11) is 0. The molecule has 1 nitrogen and oxygen atoms in total. The van der Waals surface area contributed by atoms with Crippen molar-refractivity contribution in [2.45, 2.75) is 70.9 Å². The van der Waals surface area contributed by atoms with Crippen molar-refractivity contribution < 1.29 is 8.78 Å². The summed E-state index contributed by atoms with van der Waals surface area (Å²) in [6.45, 7) is 13.4. The highest BCUT2D eigenvalue weighted by atomic mass is 32.2. The van der Waals surface area contributed by atoms with Crippen molar-refractivity contribution in [3.05, 3.63) is 59.2 Å². The summed E-state index contributed by atoms with van der Waals surface area (Å²) >= 11 is 2.03. The lowest BCUT2D eigenvalue weighted by molar-refractivity contribution is 0.412. The van der Waals surface area contributed by atoms with E-state index in [-0.39, 0.29) is 6.04 Å². The molecule has 5 unspecified atom stereocenters. The van der Waals surface area contributed by atoms with Gasteiger partial charge in [0.1, 0.15) is 11.6 Å². The van der Waals surface area contributed by atoms with Crippen LogP contribution in [-0.2, 0) is 0 Å². The van der Waals surface area contributed by atoms with Crippen LogP contribution in [0.25, 0.3) is 11.1 Å². The topological polar surface area (TPSA) is 26.0 Å². The summed E-state index contributed by atoms with van der Waals surface area (Å²) in [6.07, 6.45) is 2.20. The molecule has 4 heteroatoms. The minimum atomic E-state index is -0.564. The van der Waals surface area contributed by atoms with Gasteiger partial charge in [-0.05, 0) is 53.1 Å². The number of rotatable bonds is 9. The SMILES string of the molecule is CCC(C)C(C)SC(C)C(CC)C(N)c1ccc(-c2cc(F)cc(F)c2)cc1C. The molecule has 2 aromatic rings. The highest BCUT2D eigenvalue weighted by Crippen LogP contribution is 2.37. The number of aryl methyl sites for hydroxylation is 1. The van der Waals surface area contributed by atoms with Crippen molar-refractivity contribution in [1.82, 2.24) is 0 Å². The maximum absolute atomic E-state index is 13.6. The van der Waals surface area contributed by atoms with Gasteiger partial charge in [0.2, 0.25) is 0 Å². The van der Waals surface area contributed by atoms with E-state index in [2.05, 4.69) is 34.6 Å². The third kappa shape index (κ3) is 6.05. The molecule has 0 radical (unpaired) electrons. The van der Waals surface area contributed by atoms with Gasteiger partial charge in [0.15, 0.2) is 0 Å². The van der Waals surface area contributed by atoms with Gasteiger partial charge in [0, 0.05) is 22.6 Å². The Labute approximate surface area is 179 Å². The molecule has 0 heterocycles. The van der Waals surface area contributed by atoms with E-state index in [4.69, 9.17) is 5.73 Å². The third-order valence-corrected chi connectivity index (χ3v) is 7.91. The summed E-state index contributed by atoms with van der Waals surface area (Å²) in [6, 6.07) is 9.48. The van der Waals surface area contributed by atoms with Crippen molar-refractivity contribution in [3.63, 3.8) is 0 Å². The highest BCUT2D eigenvalue weighted by molar-refractivity contribution is 8.00. The van der Waals surface area contributed by atoms with Crippen LogP contribution < -0.4 is 5.73 Å². The normalized spacial score (nSPS) is 16.9. The molecule has 0 saturated heterocycles. The summed E-state index contributed by atoms with van der Waals surface area (Å²) < 4.78 is 27.2. The first kappa shape index (κ1) is 23.9. The average Bonchev–Trinajstić information content (AvgIpc) is 2.66. The number of benzene rings is 2. The van der Waals surface area contributed by atoms with Crippen molar-refractivity contribution in [2.24, 2.45) is 17.6 Å². The second-order valence-corrected chi connectivity index (χ2v) is 10.0. The van der Waals surface area contributed by atoms with Crippen LogP contribution in [0.1, 0.15) is 64.6 Å². The Hall–Kier alpha value is -1.39. The van der Waals surface area contributed by atoms with Gasteiger partial charge >= 0.3 is 0 Å². The summed E-state index contributed by atoms with van der Waals surface area (Å²) in [5.74, 6) is -0.0805. The predicted molar refractivity (Wildman–Crippen MR) is 123 cm³/mol. The molecule has 0 saturated carbocycles. The molecule has 0 fully saturated rings. The Morgan fingerprint density at radius 1 is 0.862 bits per heavy atom. The first-order chi connectivity index (χ1) is 13.7. The van der Waals surface area contributed by atoms with E-state index in [1.54, 1.807) is 0 Å². The van der Waals surface area contributed by atoms with Crippen LogP contribution in [0.2, 0.25) is 0 Å². The maximum Gasteiger partial charge on any atom is 0.126 e. The fourth-order valence-electron chi connectivity index (χ4n) is 3.96. The van der Waals surface area contributed by atoms with Gasteiger partial charge in [-0.25, -0.2) is 8.78 Å². The molecule has 160 valence electrons. The average molecular weight is 420 g/mol. The monoisotopic (exact) mass is 419 g/mol. The van der Waals surface area contributed by atoms with Crippen molar-refractivity contribution >= 4 is 11.8 Å². The van der Waals surface area contributed by atoms with E-state index >= 15 is 0 Å². The van der Waals surface area contributed by atoms with E-state index in [1.807, 2.05) is 36.9 Å². The Bertz CT molecular complexity index is 787. The summed E-state index contributed by atoms with van der Waals surface area (Å²) in [5, 5.41) is 1.05. The number of hydrogen-bond donors (Lipinski definition) is 1. The first-order valence-electron chi connectivity index (χ1n) is 10.7. The molecular formula is C25H35F2NS. The van der Waals surface area contributed by atoms with Crippen LogP contribution in [0.4, 0.5) is 8.78 Å². The molecular weight excluding hydrogens is 384 g/mol. The second-order valence-electron chi connectivity index (χ2n) is 8.26. The van der Waals surface area contributed by atoms with Crippen LogP contribution in [0, 0.1) is 30.4 Å². The van der Waals surface area contributed by atoms with Crippen molar-refractivity contribution in [3.8, 4) is 11.1 Å². The molecule has 0 aliphatic carbocycles. The smallest absolute Gasteiger partial charge is 0.126 e. The van der Waals surface area contributed by atoms with Crippen LogP contribution in [0.15, 0.2) is 36.4 Å². The number of hydrogen-bond acceptors (Lipinski definition) is 2.